The summed E-state index contributed by atoms with van der Waals surface area (Å²) in [5, 5.41) is 9.79. The fourth-order valence-corrected chi connectivity index (χ4v) is 4.24. The number of aliphatic imine (C=N–C) groups is 1. The van der Waals surface area contributed by atoms with Crippen LogP contribution in [0.2, 0.25) is 5.02 Å². The fraction of sp³-hybridized carbons (Fsp3) is 0.148. The average Bonchev–Trinajstić information content (AvgIpc) is 3.26. The summed E-state index contributed by atoms with van der Waals surface area (Å²) in [5.41, 5.74) is 5.15. The predicted molar refractivity (Wildman–Crippen MR) is 140 cm³/mol. The van der Waals surface area contributed by atoms with Gasteiger partial charge in [0.25, 0.3) is 5.91 Å². The first kappa shape index (κ1) is 22.7. The molecule has 3 aromatic carbocycles. The zero-order chi connectivity index (χ0) is 24.4. The number of anilines is 2. The van der Waals surface area contributed by atoms with Crippen molar-refractivity contribution in [1.29, 1.82) is 0 Å². The molecule has 0 saturated carbocycles. The number of hydrogen-bond acceptors (Lipinski definition) is 6. The van der Waals surface area contributed by atoms with Crippen LogP contribution in [0.3, 0.4) is 0 Å². The third-order valence-corrected chi connectivity index (χ3v) is 6.17. The number of fused-ring (bicyclic) bond motifs is 1. The molecule has 0 radical (unpaired) electrons. The number of rotatable bonds is 5. The van der Waals surface area contributed by atoms with Crippen molar-refractivity contribution in [2.24, 2.45) is 4.99 Å². The molecule has 0 spiro atoms. The lowest BCUT2D eigenvalue weighted by atomic mass is 9.95. The third kappa shape index (κ3) is 4.76. The van der Waals surface area contributed by atoms with Gasteiger partial charge in [-0.1, -0.05) is 61.0 Å². The molecule has 0 aliphatic carbocycles. The lowest BCUT2D eigenvalue weighted by Gasteiger charge is -2.27. The number of nitrogens with one attached hydrogen (secondary N) is 3. The Balaban J connectivity index is 1.47. The molecule has 8 heteroatoms. The highest BCUT2D eigenvalue weighted by Gasteiger charge is 2.31. The summed E-state index contributed by atoms with van der Waals surface area (Å²) in [7, 11) is 0. The minimum atomic E-state index is -0.633. The van der Waals surface area contributed by atoms with Crippen molar-refractivity contribution in [3.05, 3.63) is 100 Å². The quantitative estimate of drug-likeness (QED) is 0.319. The van der Waals surface area contributed by atoms with Crippen molar-refractivity contribution in [3.63, 3.8) is 0 Å². The second-order valence-electron chi connectivity index (χ2n) is 8.18. The summed E-state index contributed by atoms with van der Waals surface area (Å²) < 4.78 is 5.78. The summed E-state index contributed by atoms with van der Waals surface area (Å²) in [4.78, 5) is 22.7. The molecule has 4 aromatic rings. The largest absolute Gasteiger partial charge is 0.423 e. The van der Waals surface area contributed by atoms with Crippen molar-refractivity contribution >= 4 is 46.3 Å². The van der Waals surface area contributed by atoms with Crippen LogP contribution in [0, 0.1) is 0 Å². The number of benzene rings is 3. The molecule has 1 atom stereocenters. The van der Waals surface area contributed by atoms with Crippen LogP contribution in [-0.4, -0.2) is 16.9 Å². The zero-order valence-corrected chi connectivity index (χ0v) is 20.1. The average molecular weight is 486 g/mol. The summed E-state index contributed by atoms with van der Waals surface area (Å²) in [6, 6.07) is 22.3. The van der Waals surface area contributed by atoms with Crippen molar-refractivity contribution in [3.8, 4) is 0 Å². The topological polar surface area (TPSA) is 91.6 Å². The van der Waals surface area contributed by atoms with E-state index in [1.807, 2.05) is 73.7 Å². The Morgan fingerprint density at radius 3 is 2.54 bits per heavy atom. The van der Waals surface area contributed by atoms with Crippen LogP contribution >= 0.6 is 11.6 Å². The van der Waals surface area contributed by atoms with Crippen molar-refractivity contribution in [2.75, 3.05) is 10.6 Å². The van der Waals surface area contributed by atoms with E-state index in [0.717, 1.165) is 17.5 Å². The van der Waals surface area contributed by atoms with Crippen LogP contribution in [0.4, 0.5) is 11.7 Å². The van der Waals surface area contributed by atoms with E-state index in [9.17, 15) is 4.79 Å². The maximum absolute atomic E-state index is 13.4. The van der Waals surface area contributed by atoms with E-state index in [-0.39, 0.29) is 5.91 Å². The van der Waals surface area contributed by atoms with Crippen LogP contribution < -0.4 is 16.0 Å². The van der Waals surface area contributed by atoms with Gasteiger partial charge in [-0.3, -0.25) is 10.1 Å². The molecule has 1 aliphatic rings. The van der Waals surface area contributed by atoms with Gasteiger partial charge in [-0.25, -0.2) is 4.99 Å². The molecule has 176 valence electrons. The second-order valence-corrected chi connectivity index (χ2v) is 8.59. The number of allylic oxidation sites excluding steroid dienone is 1. The highest BCUT2D eigenvalue weighted by molar-refractivity contribution is 6.31. The number of carbonyl (C=O) groups is 1. The zero-order valence-electron chi connectivity index (χ0n) is 19.3. The number of amides is 1. The third-order valence-electron chi connectivity index (χ3n) is 5.83. The fourth-order valence-electron chi connectivity index (χ4n) is 4.01. The molecule has 2 heterocycles. The van der Waals surface area contributed by atoms with Gasteiger partial charge >= 0.3 is 6.01 Å². The number of para-hydroxylation sites is 2. The van der Waals surface area contributed by atoms with Gasteiger partial charge in [0.1, 0.15) is 11.6 Å². The smallest absolute Gasteiger partial charge is 0.302 e. The summed E-state index contributed by atoms with van der Waals surface area (Å²) in [5.74, 6) is 0.150. The number of aromatic nitrogens is 1. The van der Waals surface area contributed by atoms with E-state index in [1.54, 1.807) is 6.07 Å². The lowest BCUT2D eigenvalue weighted by Crippen LogP contribution is -2.37. The maximum Gasteiger partial charge on any atom is 0.302 e. The summed E-state index contributed by atoms with van der Waals surface area (Å²) in [6.45, 7) is 3.93. The van der Waals surface area contributed by atoms with Gasteiger partial charge in [0.05, 0.1) is 5.57 Å². The monoisotopic (exact) mass is 485 g/mol. The Morgan fingerprint density at radius 1 is 1.06 bits per heavy atom. The Hall–Kier alpha value is -4.10. The van der Waals surface area contributed by atoms with Crippen LogP contribution in [0.1, 0.15) is 31.0 Å². The first-order valence-electron chi connectivity index (χ1n) is 11.3. The van der Waals surface area contributed by atoms with Gasteiger partial charge < -0.3 is 15.1 Å². The van der Waals surface area contributed by atoms with Crippen LogP contribution in [0.25, 0.3) is 11.1 Å². The summed E-state index contributed by atoms with van der Waals surface area (Å²) >= 11 is 6.53. The molecule has 0 saturated heterocycles. The van der Waals surface area contributed by atoms with Gasteiger partial charge in [0.15, 0.2) is 5.58 Å². The molecule has 3 N–H and O–H groups in total. The van der Waals surface area contributed by atoms with Gasteiger partial charge in [0.2, 0.25) is 5.96 Å². The highest BCUT2D eigenvalue weighted by Crippen LogP contribution is 2.35. The van der Waals surface area contributed by atoms with Crippen molar-refractivity contribution < 1.29 is 9.21 Å². The molecular weight excluding hydrogens is 462 g/mol. The second kappa shape index (κ2) is 9.64. The molecule has 1 aromatic heterocycles. The van der Waals surface area contributed by atoms with E-state index in [2.05, 4.69) is 27.9 Å². The van der Waals surface area contributed by atoms with Crippen molar-refractivity contribution in [2.45, 2.75) is 26.3 Å². The molecule has 0 fully saturated rings. The first-order chi connectivity index (χ1) is 17.0. The summed E-state index contributed by atoms with van der Waals surface area (Å²) in [6.07, 6.45) is 0.932. The number of aryl methyl sites for hydroxylation is 1. The minimum absolute atomic E-state index is 0.256. The first-order valence-corrected chi connectivity index (χ1v) is 11.7. The van der Waals surface area contributed by atoms with Gasteiger partial charge in [0, 0.05) is 22.0 Å². The normalized spacial score (nSPS) is 15.5. The van der Waals surface area contributed by atoms with E-state index >= 15 is 0 Å². The van der Waals surface area contributed by atoms with Gasteiger partial charge in [-0.2, -0.15) is 4.98 Å². The molecule has 0 bridgehead atoms. The lowest BCUT2D eigenvalue weighted by molar-refractivity contribution is -0.113. The number of guanidine groups is 1. The molecular formula is C27H24ClN5O2. The number of halogens is 1. The highest BCUT2D eigenvalue weighted by atomic mass is 35.5. The number of hydrogen-bond donors (Lipinski definition) is 3. The molecule has 35 heavy (non-hydrogen) atoms. The van der Waals surface area contributed by atoms with Crippen LogP contribution in [-0.2, 0) is 11.2 Å². The minimum Gasteiger partial charge on any atom is -0.423 e. The van der Waals surface area contributed by atoms with Gasteiger partial charge in [-0.15, -0.1) is 0 Å². The Kier molecular flexibility index (Phi) is 6.25. The maximum atomic E-state index is 13.4. The number of carbonyl (C=O) groups excluding carboxylic acids is 1. The molecule has 1 aliphatic heterocycles. The molecule has 1 amide bonds. The van der Waals surface area contributed by atoms with E-state index in [1.165, 1.54) is 5.56 Å². The number of oxazole rings is 1. The standard InChI is InChI=1S/C27H24ClN5O2/c1-3-17-12-14-18(15-13-17)30-25(34)23-16(2)29-26(32-24(23)19-8-4-5-9-20(19)28)33-27-31-21-10-6-7-11-22(21)35-27/h4-15,24H,3H2,1-2H3,(H,30,34)(H2,29,31,32,33). The van der Waals surface area contributed by atoms with E-state index in [4.69, 9.17) is 21.0 Å². The Labute approximate surface area is 207 Å². The van der Waals surface area contributed by atoms with E-state index in [0.29, 0.717) is 39.5 Å². The number of nitrogens with zero attached hydrogens (tertiary/aromatic N) is 2. The van der Waals surface area contributed by atoms with Crippen molar-refractivity contribution in [1.82, 2.24) is 10.3 Å². The molecule has 1 unspecified atom stereocenters. The Bertz CT molecular complexity index is 1420. The Morgan fingerprint density at radius 2 is 1.80 bits per heavy atom. The van der Waals surface area contributed by atoms with Crippen LogP contribution in [0.5, 0.6) is 0 Å². The predicted octanol–water partition coefficient (Wildman–Crippen LogP) is 6.07. The van der Waals surface area contributed by atoms with Gasteiger partial charge in [-0.05, 0) is 49.2 Å². The van der Waals surface area contributed by atoms with Crippen LogP contribution in [0.15, 0.2) is 93.5 Å². The molecule has 5 rings (SSSR count). The van der Waals surface area contributed by atoms with E-state index < -0.39 is 6.04 Å². The SMILES string of the molecule is CCc1ccc(NC(=O)C2=C(C)NC(Nc3nc4ccccc4o3)=NC2c2ccccc2Cl)cc1. The molecule has 7 nitrogen and oxygen atoms in total.